The summed E-state index contributed by atoms with van der Waals surface area (Å²) in [6.07, 6.45) is 1.62. The lowest BCUT2D eigenvalue weighted by molar-refractivity contribution is -0.130. The number of aliphatic imine (C=N–C) groups is 1. The van der Waals surface area contributed by atoms with E-state index in [4.69, 9.17) is 9.47 Å². The van der Waals surface area contributed by atoms with Crippen LogP contribution in [0.4, 0.5) is 0 Å². The van der Waals surface area contributed by atoms with E-state index < -0.39 is 5.97 Å². The first-order chi connectivity index (χ1) is 7.76. The van der Waals surface area contributed by atoms with Crippen molar-refractivity contribution in [2.75, 3.05) is 7.11 Å². The smallest absolute Gasteiger partial charge is 0.363 e. The summed E-state index contributed by atoms with van der Waals surface area (Å²) in [6, 6.07) is 7.26. The summed E-state index contributed by atoms with van der Waals surface area (Å²) in [5.41, 5.74) is 0.996. The second-order valence-corrected chi connectivity index (χ2v) is 3.18. The molecule has 16 heavy (non-hydrogen) atoms. The molecule has 0 unspecified atom stereocenters. The highest BCUT2D eigenvalue weighted by Crippen LogP contribution is 2.23. The van der Waals surface area contributed by atoms with Gasteiger partial charge in [0.1, 0.15) is 11.4 Å². The van der Waals surface area contributed by atoms with E-state index in [-0.39, 0.29) is 5.90 Å². The van der Waals surface area contributed by atoms with Crippen molar-refractivity contribution >= 4 is 11.9 Å². The van der Waals surface area contributed by atoms with Gasteiger partial charge in [0.2, 0.25) is 5.90 Å². The number of hydrogen-bond donors (Lipinski definition) is 0. The lowest BCUT2D eigenvalue weighted by atomic mass is 10.2. The highest BCUT2D eigenvalue weighted by molar-refractivity contribution is 6.12. The molecule has 0 fully saturated rings. The second kappa shape index (κ2) is 4.18. The number of para-hydroxylation sites is 1. The van der Waals surface area contributed by atoms with Crippen molar-refractivity contribution in [1.29, 1.82) is 0 Å². The zero-order chi connectivity index (χ0) is 11.5. The van der Waals surface area contributed by atoms with Gasteiger partial charge in [-0.05, 0) is 19.1 Å². The van der Waals surface area contributed by atoms with Gasteiger partial charge in [-0.3, -0.25) is 0 Å². The molecule has 1 aromatic rings. The Kier molecular flexibility index (Phi) is 2.72. The second-order valence-electron chi connectivity index (χ2n) is 3.18. The maximum atomic E-state index is 11.3. The van der Waals surface area contributed by atoms with Crippen molar-refractivity contribution in [2.24, 2.45) is 4.99 Å². The summed E-state index contributed by atoms with van der Waals surface area (Å²) in [7, 11) is 1.56. The third-order valence-electron chi connectivity index (χ3n) is 2.23. The van der Waals surface area contributed by atoms with Gasteiger partial charge >= 0.3 is 5.97 Å². The highest BCUT2D eigenvalue weighted by Gasteiger charge is 2.25. The van der Waals surface area contributed by atoms with Crippen LogP contribution < -0.4 is 4.74 Å². The quantitative estimate of drug-likeness (QED) is 0.561. The Morgan fingerprint density at radius 1 is 1.38 bits per heavy atom. The molecule has 0 aliphatic carbocycles. The van der Waals surface area contributed by atoms with Crippen molar-refractivity contribution in [3.05, 3.63) is 41.6 Å². The van der Waals surface area contributed by atoms with Crippen LogP contribution in [0.15, 0.2) is 41.0 Å². The van der Waals surface area contributed by atoms with Gasteiger partial charge in [0.25, 0.3) is 0 Å². The van der Waals surface area contributed by atoms with Gasteiger partial charge in [0, 0.05) is 0 Å². The Bertz CT molecular complexity index is 489. The highest BCUT2D eigenvalue weighted by atomic mass is 16.6. The molecule has 0 amide bonds. The van der Waals surface area contributed by atoms with E-state index in [1.54, 1.807) is 32.2 Å². The van der Waals surface area contributed by atoms with Crippen LogP contribution in [0.3, 0.4) is 0 Å². The van der Waals surface area contributed by atoms with E-state index in [2.05, 4.69) is 4.99 Å². The van der Waals surface area contributed by atoms with Crippen molar-refractivity contribution in [1.82, 2.24) is 0 Å². The molecule has 0 bridgehead atoms. The molecular weight excluding hydrogens is 206 g/mol. The minimum atomic E-state index is -0.427. The standard InChI is InChI=1S/C12H11NO3/c1-3-9-12(14)16-11(13-9)8-6-4-5-7-10(8)15-2/h3-7H,1-2H3/b9-3+. The van der Waals surface area contributed by atoms with Crippen molar-refractivity contribution in [2.45, 2.75) is 6.92 Å². The minimum Gasteiger partial charge on any atom is -0.496 e. The van der Waals surface area contributed by atoms with Gasteiger partial charge in [0.15, 0.2) is 0 Å². The van der Waals surface area contributed by atoms with Gasteiger partial charge in [-0.15, -0.1) is 0 Å². The van der Waals surface area contributed by atoms with Crippen LogP contribution in [-0.4, -0.2) is 19.0 Å². The number of ether oxygens (including phenoxy) is 2. The Morgan fingerprint density at radius 2 is 2.12 bits per heavy atom. The fourth-order valence-electron chi connectivity index (χ4n) is 1.44. The summed E-state index contributed by atoms with van der Waals surface area (Å²) in [6.45, 7) is 1.74. The zero-order valence-electron chi connectivity index (χ0n) is 9.06. The third-order valence-corrected chi connectivity index (χ3v) is 2.23. The van der Waals surface area contributed by atoms with Crippen LogP contribution in [0.25, 0.3) is 0 Å². The number of allylic oxidation sites excluding steroid dienone is 1. The molecule has 0 saturated heterocycles. The van der Waals surface area contributed by atoms with Gasteiger partial charge in [0.05, 0.1) is 12.7 Å². The molecule has 1 heterocycles. The number of methoxy groups -OCH3 is 1. The number of nitrogens with zero attached hydrogens (tertiary/aromatic N) is 1. The summed E-state index contributed by atoms with van der Waals surface area (Å²) >= 11 is 0. The van der Waals surface area contributed by atoms with Gasteiger partial charge < -0.3 is 9.47 Å². The van der Waals surface area contributed by atoms with Crippen molar-refractivity contribution in [3.63, 3.8) is 0 Å². The molecule has 1 aliphatic rings. The summed E-state index contributed by atoms with van der Waals surface area (Å²) in [5.74, 6) is 0.491. The molecule has 1 aromatic carbocycles. The van der Waals surface area contributed by atoms with E-state index in [9.17, 15) is 4.79 Å². The molecule has 0 spiro atoms. The van der Waals surface area contributed by atoms with Crippen LogP contribution in [0.1, 0.15) is 12.5 Å². The van der Waals surface area contributed by atoms with E-state index >= 15 is 0 Å². The van der Waals surface area contributed by atoms with E-state index in [0.717, 1.165) is 0 Å². The number of esters is 1. The molecule has 82 valence electrons. The fraction of sp³-hybridized carbons (Fsp3) is 0.167. The average molecular weight is 217 g/mol. The van der Waals surface area contributed by atoms with Gasteiger partial charge in [-0.2, -0.15) is 0 Å². The van der Waals surface area contributed by atoms with E-state index in [0.29, 0.717) is 17.0 Å². The molecule has 0 radical (unpaired) electrons. The number of benzene rings is 1. The summed E-state index contributed by atoms with van der Waals surface area (Å²) in [5, 5.41) is 0. The monoisotopic (exact) mass is 217 g/mol. The van der Waals surface area contributed by atoms with Crippen LogP contribution in [0, 0.1) is 0 Å². The largest absolute Gasteiger partial charge is 0.496 e. The molecule has 4 heteroatoms. The number of cyclic esters (lactones) is 1. The average Bonchev–Trinajstić information content (AvgIpc) is 2.70. The molecule has 2 rings (SSSR count). The van der Waals surface area contributed by atoms with Gasteiger partial charge in [-0.1, -0.05) is 18.2 Å². The molecule has 1 aliphatic heterocycles. The van der Waals surface area contributed by atoms with E-state index in [1.807, 2.05) is 12.1 Å². The van der Waals surface area contributed by atoms with Crippen LogP contribution >= 0.6 is 0 Å². The van der Waals surface area contributed by atoms with E-state index in [1.165, 1.54) is 0 Å². The van der Waals surface area contributed by atoms with Crippen LogP contribution in [0.5, 0.6) is 5.75 Å². The first kappa shape index (κ1) is 10.4. The number of hydrogen-bond acceptors (Lipinski definition) is 4. The zero-order valence-corrected chi connectivity index (χ0v) is 9.06. The van der Waals surface area contributed by atoms with Gasteiger partial charge in [-0.25, -0.2) is 9.79 Å². The number of rotatable bonds is 2. The lowest BCUT2D eigenvalue weighted by Gasteiger charge is -2.05. The number of carbonyl (C=O) groups excluding carboxylic acids is 1. The minimum absolute atomic E-state index is 0.288. The normalized spacial score (nSPS) is 17.2. The third kappa shape index (κ3) is 1.69. The molecule has 0 aromatic heterocycles. The van der Waals surface area contributed by atoms with Crippen molar-refractivity contribution in [3.8, 4) is 5.75 Å². The Morgan fingerprint density at radius 3 is 2.75 bits per heavy atom. The van der Waals surface area contributed by atoms with Crippen molar-refractivity contribution < 1.29 is 14.3 Å². The van der Waals surface area contributed by atoms with Crippen LogP contribution in [0.2, 0.25) is 0 Å². The molecule has 0 N–H and O–H groups in total. The molecule has 4 nitrogen and oxygen atoms in total. The Labute approximate surface area is 93.2 Å². The Hall–Kier alpha value is -2.10. The molecular formula is C12H11NO3. The summed E-state index contributed by atoms with van der Waals surface area (Å²) < 4.78 is 10.2. The topological polar surface area (TPSA) is 47.9 Å². The SMILES string of the molecule is C/C=C1/N=C(c2ccccc2OC)OC1=O. The maximum Gasteiger partial charge on any atom is 0.363 e. The summed E-state index contributed by atoms with van der Waals surface area (Å²) in [4.78, 5) is 15.4. The predicted octanol–water partition coefficient (Wildman–Crippen LogP) is 1.90. The fourth-order valence-corrected chi connectivity index (χ4v) is 1.44. The Balaban J connectivity index is 2.43. The molecule has 0 saturated carbocycles. The maximum absolute atomic E-state index is 11.3. The lowest BCUT2D eigenvalue weighted by Crippen LogP contribution is -2.06. The first-order valence-corrected chi connectivity index (χ1v) is 4.87. The van der Waals surface area contributed by atoms with Crippen LogP contribution in [-0.2, 0) is 9.53 Å². The first-order valence-electron chi connectivity index (χ1n) is 4.87. The predicted molar refractivity (Wildman–Crippen MR) is 59.4 cm³/mol. The number of carbonyl (C=O) groups is 1. The molecule has 0 atom stereocenters.